The molecule has 0 fully saturated rings. The normalized spacial score (nSPS) is 13.9. The van der Waals surface area contributed by atoms with E-state index < -0.39 is 23.9 Å². The number of hydrogen-bond acceptors (Lipinski definition) is 3. The van der Waals surface area contributed by atoms with Gasteiger partial charge in [-0.25, -0.2) is 0 Å². The molecule has 0 aliphatic carbocycles. The second-order valence-corrected chi connectivity index (χ2v) is 9.96. The second kappa shape index (κ2) is 16.6. The fraction of sp³-hybridized carbons (Fsp3) is 0.920. The summed E-state index contributed by atoms with van der Waals surface area (Å²) in [6, 6.07) is 0. The Morgan fingerprint density at radius 1 is 0.700 bits per heavy atom. The highest BCUT2D eigenvalue weighted by atomic mass is 16.4. The Kier molecular flexibility index (Phi) is 16.0. The molecule has 0 aromatic heterocycles. The maximum absolute atomic E-state index is 11.8. The average Bonchev–Trinajstić information content (AvgIpc) is 2.65. The van der Waals surface area contributed by atoms with Crippen molar-refractivity contribution in [1.29, 1.82) is 0 Å². The fourth-order valence-electron chi connectivity index (χ4n) is 4.32. The molecule has 0 rings (SSSR count). The monoisotopic (exact) mass is 427 g/mol. The Morgan fingerprint density at radius 3 is 1.30 bits per heavy atom. The largest absolute Gasteiger partial charge is 0.544 e. The first-order valence-electron chi connectivity index (χ1n) is 12.4. The standard InChI is InChI=1S/C25H49NO4/c1-5-6-7-8-9-10-11-12-13-14-15-16-17-18-19-20-21-25(24(29)30,22-23(27)28)26(2,3)4/h5-22H2,1-4H3,(H-,27,28,29,30). The second-order valence-electron chi connectivity index (χ2n) is 9.96. The molecule has 0 aromatic carbocycles. The number of unbranched alkanes of at least 4 members (excludes halogenated alkanes) is 15. The van der Waals surface area contributed by atoms with E-state index in [4.69, 9.17) is 0 Å². The molecule has 1 unspecified atom stereocenters. The van der Waals surface area contributed by atoms with Crippen molar-refractivity contribution in [3.63, 3.8) is 0 Å². The van der Waals surface area contributed by atoms with Crippen LogP contribution in [0, 0.1) is 0 Å². The van der Waals surface area contributed by atoms with E-state index in [1.165, 1.54) is 83.5 Å². The highest BCUT2D eigenvalue weighted by molar-refractivity contribution is 5.82. The number of carboxylic acids is 2. The molecule has 30 heavy (non-hydrogen) atoms. The van der Waals surface area contributed by atoms with E-state index in [-0.39, 0.29) is 4.48 Å². The SMILES string of the molecule is CCCCCCCCCCCCCCCCCCC(CC(=O)O)(C(=O)[O-])[N+](C)(C)C. The van der Waals surface area contributed by atoms with Crippen LogP contribution in [-0.2, 0) is 9.59 Å². The molecular formula is C25H49NO4. The Morgan fingerprint density at radius 2 is 1.03 bits per heavy atom. The minimum absolute atomic E-state index is 0.0698. The molecular weight excluding hydrogens is 378 g/mol. The predicted octanol–water partition coefficient (Wildman–Crippen LogP) is 5.31. The van der Waals surface area contributed by atoms with E-state index >= 15 is 0 Å². The van der Waals surface area contributed by atoms with E-state index in [2.05, 4.69) is 6.92 Å². The van der Waals surface area contributed by atoms with Gasteiger partial charge in [0.15, 0.2) is 0 Å². The van der Waals surface area contributed by atoms with E-state index in [1.54, 1.807) is 21.1 Å². The fourth-order valence-corrected chi connectivity index (χ4v) is 4.32. The molecule has 0 heterocycles. The summed E-state index contributed by atoms with van der Waals surface area (Å²) in [5.74, 6) is -2.33. The number of nitrogens with zero attached hydrogens (tertiary/aromatic N) is 1. The van der Waals surface area contributed by atoms with Crippen LogP contribution in [0.2, 0.25) is 0 Å². The van der Waals surface area contributed by atoms with Crippen LogP contribution in [0.1, 0.15) is 122 Å². The average molecular weight is 428 g/mol. The van der Waals surface area contributed by atoms with E-state index in [0.29, 0.717) is 6.42 Å². The van der Waals surface area contributed by atoms with Crippen molar-refractivity contribution in [2.45, 2.75) is 128 Å². The van der Waals surface area contributed by atoms with Crippen molar-refractivity contribution < 1.29 is 24.3 Å². The molecule has 0 amide bonds. The molecule has 5 nitrogen and oxygen atoms in total. The molecule has 0 spiro atoms. The van der Waals surface area contributed by atoms with Gasteiger partial charge < -0.3 is 19.5 Å². The molecule has 0 radical (unpaired) electrons. The summed E-state index contributed by atoms with van der Waals surface area (Å²) >= 11 is 0. The van der Waals surface area contributed by atoms with Gasteiger partial charge >= 0.3 is 5.97 Å². The van der Waals surface area contributed by atoms with Crippen LogP contribution in [-0.4, -0.2) is 48.2 Å². The zero-order valence-electron chi connectivity index (χ0n) is 20.3. The number of rotatable bonds is 21. The number of hydrogen-bond donors (Lipinski definition) is 1. The topological polar surface area (TPSA) is 77.4 Å². The molecule has 0 bridgehead atoms. The molecule has 1 N–H and O–H groups in total. The third-order valence-corrected chi connectivity index (χ3v) is 6.55. The first-order chi connectivity index (χ1) is 14.2. The van der Waals surface area contributed by atoms with Gasteiger partial charge in [0.25, 0.3) is 0 Å². The summed E-state index contributed by atoms with van der Waals surface area (Å²) < 4.78 is 0.0698. The Labute approximate surface area is 185 Å². The Balaban J connectivity index is 3.78. The lowest BCUT2D eigenvalue weighted by molar-refractivity contribution is -0.916. The van der Waals surface area contributed by atoms with Crippen LogP contribution >= 0.6 is 0 Å². The molecule has 0 aliphatic heterocycles. The lowest BCUT2D eigenvalue weighted by atomic mass is 9.85. The number of quaternary nitrogens is 1. The summed E-state index contributed by atoms with van der Waals surface area (Å²) in [6.45, 7) is 2.26. The quantitative estimate of drug-likeness (QED) is 0.199. The predicted molar refractivity (Wildman–Crippen MR) is 122 cm³/mol. The first-order valence-corrected chi connectivity index (χ1v) is 12.4. The minimum Gasteiger partial charge on any atom is -0.544 e. The molecule has 0 aromatic rings. The molecule has 178 valence electrons. The third-order valence-electron chi connectivity index (χ3n) is 6.55. The van der Waals surface area contributed by atoms with Gasteiger partial charge in [-0.15, -0.1) is 0 Å². The van der Waals surface area contributed by atoms with E-state index in [1.807, 2.05) is 0 Å². The van der Waals surface area contributed by atoms with Gasteiger partial charge in [0.1, 0.15) is 17.9 Å². The van der Waals surface area contributed by atoms with Crippen LogP contribution in [0.3, 0.4) is 0 Å². The maximum Gasteiger partial charge on any atom is 0.310 e. The van der Waals surface area contributed by atoms with Crippen molar-refractivity contribution in [2.24, 2.45) is 0 Å². The van der Waals surface area contributed by atoms with Gasteiger partial charge in [0, 0.05) is 6.42 Å². The number of carbonyl (C=O) groups excluding carboxylic acids is 1. The maximum atomic E-state index is 11.8. The van der Waals surface area contributed by atoms with Gasteiger partial charge in [0.05, 0.1) is 21.1 Å². The number of aliphatic carboxylic acids is 2. The molecule has 0 saturated heterocycles. The highest BCUT2D eigenvalue weighted by Crippen LogP contribution is 2.29. The summed E-state index contributed by atoms with van der Waals surface area (Å²) in [4.78, 5) is 23.0. The molecule has 0 aliphatic rings. The van der Waals surface area contributed by atoms with Gasteiger partial charge in [-0.05, 0) is 6.42 Å². The number of carbonyl (C=O) groups is 2. The highest BCUT2D eigenvalue weighted by Gasteiger charge is 2.46. The zero-order chi connectivity index (χ0) is 22.9. The zero-order valence-corrected chi connectivity index (χ0v) is 20.3. The lowest BCUT2D eigenvalue weighted by Crippen LogP contribution is -2.66. The Hall–Kier alpha value is -1.10. The van der Waals surface area contributed by atoms with Crippen molar-refractivity contribution >= 4 is 11.9 Å². The minimum atomic E-state index is -1.36. The lowest BCUT2D eigenvalue weighted by Gasteiger charge is -2.46. The summed E-state index contributed by atoms with van der Waals surface area (Å²) in [5.41, 5.74) is -1.36. The van der Waals surface area contributed by atoms with Crippen molar-refractivity contribution in [1.82, 2.24) is 0 Å². The van der Waals surface area contributed by atoms with E-state index in [0.717, 1.165) is 19.3 Å². The van der Waals surface area contributed by atoms with Gasteiger partial charge in [-0.1, -0.05) is 103 Å². The van der Waals surface area contributed by atoms with Gasteiger partial charge in [-0.2, -0.15) is 0 Å². The van der Waals surface area contributed by atoms with Crippen molar-refractivity contribution in [2.75, 3.05) is 21.1 Å². The van der Waals surface area contributed by atoms with Crippen LogP contribution in [0.15, 0.2) is 0 Å². The Bertz CT molecular complexity index is 459. The summed E-state index contributed by atoms with van der Waals surface area (Å²) in [7, 11) is 5.22. The first kappa shape index (κ1) is 28.9. The third kappa shape index (κ3) is 12.6. The van der Waals surface area contributed by atoms with Crippen LogP contribution in [0.4, 0.5) is 0 Å². The van der Waals surface area contributed by atoms with Gasteiger partial charge in [-0.3, -0.25) is 4.79 Å². The summed E-state index contributed by atoms with van der Waals surface area (Å²) in [6.07, 6.45) is 20.2. The molecule has 0 saturated carbocycles. The van der Waals surface area contributed by atoms with Crippen molar-refractivity contribution in [3.8, 4) is 0 Å². The number of carboxylic acid groups (broad SMARTS) is 2. The molecule has 5 heteroatoms. The van der Waals surface area contributed by atoms with Crippen molar-refractivity contribution in [3.05, 3.63) is 0 Å². The smallest absolute Gasteiger partial charge is 0.310 e. The molecule has 1 atom stereocenters. The van der Waals surface area contributed by atoms with Crippen LogP contribution in [0.5, 0.6) is 0 Å². The van der Waals surface area contributed by atoms with Gasteiger partial charge in [0.2, 0.25) is 0 Å². The number of likely N-dealkylation sites (N-methyl/N-ethyl adjacent to an activating group) is 1. The van der Waals surface area contributed by atoms with Crippen LogP contribution < -0.4 is 5.11 Å². The summed E-state index contributed by atoms with van der Waals surface area (Å²) in [5, 5.41) is 21.0. The van der Waals surface area contributed by atoms with Crippen LogP contribution in [0.25, 0.3) is 0 Å². The van der Waals surface area contributed by atoms with E-state index in [9.17, 15) is 19.8 Å².